The van der Waals surface area contributed by atoms with E-state index >= 15 is 0 Å². The zero-order valence-electron chi connectivity index (χ0n) is 9.63. The number of amides is 1. The highest BCUT2D eigenvalue weighted by atomic mass is 16.4. The fourth-order valence-electron chi connectivity index (χ4n) is 1.33. The molecule has 0 saturated heterocycles. The standard InChI is InChI=1S/C11H15N3O4/c12-10(14-18)2-1-5-13-11(17)8-4-3-7(15)6-9(8)16/h3-4,6,15-16,18H,1-2,5H2,(H2,12,14)(H,13,17). The quantitative estimate of drug-likeness (QED) is 0.170. The minimum atomic E-state index is -0.452. The molecule has 1 amide bonds. The van der Waals surface area contributed by atoms with E-state index in [0.717, 1.165) is 6.07 Å². The summed E-state index contributed by atoms with van der Waals surface area (Å²) in [6, 6.07) is 3.72. The molecular weight excluding hydrogens is 238 g/mol. The fraction of sp³-hybridized carbons (Fsp3) is 0.273. The summed E-state index contributed by atoms with van der Waals surface area (Å²) in [4.78, 5) is 11.6. The van der Waals surface area contributed by atoms with Crippen LogP contribution in [0, 0.1) is 0 Å². The molecule has 0 spiro atoms. The lowest BCUT2D eigenvalue weighted by atomic mass is 10.1. The topological polar surface area (TPSA) is 128 Å². The largest absolute Gasteiger partial charge is 0.508 e. The molecule has 0 radical (unpaired) electrons. The van der Waals surface area contributed by atoms with Gasteiger partial charge in [-0.3, -0.25) is 4.79 Å². The van der Waals surface area contributed by atoms with E-state index in [2.05, 4.69) is 10.5 Å². The van der Waals surface area contributed by atoms with Crippen LogP contribution in [-0.2, 0) is 0 Å². The number of phenols is 2. The van der Waals surface area contributed by atoms with Crippen LogP contribution >= 0.6 is 0 Å². The van der Waals surface area contributed by atoms with Crippen LogP contribution in [-0.4, -0.2) is 33.7 Å². The number of carbonyl (C=O) groups is 1. The van der Waals surface area contributed by atoms with Gasteiger partial charge in [-0.15, -0.1) is 0 Å². The molecule has 1 aromatic rings. The smallest absolute Gasteiger partial charge is 0.255 e. The van der Waals surface area contributed by atoms with Crippen LogP contribution in [0.4, 0.5) is 0 Å². The highest BCUT2D eigenvalue weighted by molar-refractivity contribution is 5.97. The molecule has 0 aliphatic rings. The molecule has 1 aromatic carbocycles. The van der Waals surface area contributed by atoms with Crippen molar-refractivity contribution in [3.63, 3.8) is 0 Å². The number of hydrogen-bond acceptors (Lipinski definition) is 5. The summed E-state index contributed by atoms with van der Waals surface area (Å²) in [5.74, 6) is -0.761. The van der Waals surface area contributed by atoms with Crippen LogP contribution in [0.15, 0.2) is 23.4 Å². The van der Waals surface area contributed by atoms with Gasteiger partial charge in [-0.1, -0.05) is 5.16 Å². The Balaban J connectivity index is 2.46. The number of nitrogens with zero attached hydrogens (tertiary/aromatic N) is 1. The van der Waals surface area contributed by atoms with E-state index in [1.54, 1.807) is 0 Å². The summed E-state index contributed by atoms with van der Waals surface area (Å²) in [6.45, 7) is 0.329. The third-order valence-electron chi connectivity index (χ3n) is 2.25. The van der Waals surface area contributed by atoms with Crippen molar-refractivity contribution in [1.29, 1.82) is 0 Å². The Morgan fingerprint density at radius 3 is 2.72 bits per heavy atom. The van der Waals surface area contributed by atoms with E-state index in [-0.39, 0.29) is 22.9 Å². The lowest BCUT2D eigenvalue weighted by Gasteiger charge is -2.06. The first-order valence-electron chi connectivity index (χ1n) is 5.31. The van der Waals surface area contributed by atoms with Gasteiger partial charge in [0.2, 0.25) is 0 Å². The Morgan fingerprint density at radius 1 is 1.39 bits per heavy atom. The summed E-state index contributed by atoms with van der Waals surface area (Å²) < 4.78 is 0. The second-order valence-corrected chi connectivity index (χ2v) is 3.65. The van der Waals surface area contributed by atoms with E-state index in [1.807, 2.05) is 0 Å². The molecule has 0 heterocycles. The summed E-state index contributed by atoms with van der Waals surface area (Å²) >= 11 is 0. The molecule has 0 bridgehead atoms. The molecule has 0 fully saturated rings. The van der Waals surface area contributed by atoms with E-state index < -0.39 is 5.91 Å². The number of benzene rings is 1. The summed E-state index contributed by atoms with van der Waals surface area (Å²) in [7, 11) is 0. The van der Waals surface area contributed by atoms with Crippen LogP contribution < -0.4 is 11.1 Å². The molecule has 6 N–H and O–H groups in total. The minimum absolute atomic E-state index is 0.0802. The number of amidine groups is 1. The van der Waals surface area contributed by atoms with Crippen molar-refractivity contribution >= 4 is 11.7 Å². The van der Waals surface area contributed by atoms with Crippen molar-refractivity contribution in [1.82, 2.24) is 5.32 Å². The molecule has 1 rings (SSSR count). The van der Waals surface area contributed by atoms with Crippen molar-refractivity contribution < 1.29 is 20.2 Å². The van der Waals surface area contributed by atoms with Crippen molar-refractivity contribution in [2.75, 3.05) is 6.54 Å². The summed E-state index contributed by atoms with van der Waals surface area (Å²) in [5.41, 5.74) is 5.34. The van der Waals surface area contributed by atoms with Crippen molar-refractivity contribution in [3.05, 3.63) is 23.8 Å². The number of aromatic hydroxyl groups is 2. The number of nitrogens with one attached hydrogen (secondary N) is 1. The van der Waals surface area contributed by atoms with Gasteiger partial charge in [0.15, 0.2) is 0 Å². The highest BCUT2D eigenvalue weighted by Crippen LogP contribution is 2.22. The van der Waals surface area contributed by atoms with E-state index in [4.69, 9.17) is 16.0 Å². The number of rotatable bonds is 5. The van der Waals surface area contributed by atoms with Crippen LogP contribution in [0.5, 0.6) is 11.5 Å². The zero-order chi connectivity index (χ0) is 13.5. The highest BCUT2D eigenvalue weighted by Gasteiger charge is 2.10. The maximum absolute atomic E-state index is 11.6. The molecule has 7 heteroatoms. The van der Waals surface area contributed by atoms with Crippen molar-refractivity contribution in [2.24, 2.45) is 10.9 Å². The van der Waals surface area contributed by atoms with Gasteiger partial charge in [-0.05, 0) is 18.6 Å². The number of oxime groups is 1. The molecule has 18 heavy (non-hydrogen) atoms. The monoisotopic (exact) mass is 253 g/mol. The lowest BCUT2D eigenvalue weighted by molar-refractivity contribution is 0.0950. The first-order valence-corrected chi connectivity index (χ1v) is 5.31. The SMILES string of the molecule is N/C(CCCNC(=O)c1ccc(O)cc1O)=N/O. The third-order valence-corrected chi connectivity index (χ3v) is 2.25. The van der Waals surface area contributed by atoms with E-state index in [1.165, 1.54) is 12.1 Å². The first-order chi connectivity index (χ1) is 8.54. The van der Waals surface area contributed by atoms with Gasteiger partial charge >= 0.3 is 0 Å². The van der Waals surface area contributed by atoms with Crippen LogP contribution in [0.1, 0.15) is 23.2 Å². The first kappa shape index (κ1) is 13.6. The number of hydrogen-bond donors (Lipinski definition) is 5. The van der Waals surface area contributed by atoms with Gasteiger partial charge in [-0.2, -0.15) is 0 Å². The summed E-state index contributed by atoms with van der Waals surface area (Å²) in [6.07, 6.45) is 0.874. The molecule has 7 nitrogen and oxygen atoms in total. The zero-order valence-corrected chi connectivity index (χ0v) is 9.63. The van der Waals surface area contributed by atoms with Crippen LogP contribution in [0.3, 0.4) is 0 Å². The number of phenolic OH excluding ortho intramolecular Hbond substituents is 2. The Bertz CT molecular complexity index is 460. The minimum Gasteiger partial charge on any atom is -0.508 e. The van der Waals surface area contributed by atoms with Gasteiger partial charge in [0, 0.05) is 19.0 Å². The molecule has 0 unspecified atom stereocenters. The van der Waals surface area contributed by atoms with E-state index in [9.17, 15) is 9.90 Å². The second-order valence-electron chi connectivity index (χ2n) is 3.65. The van der Waals surface area contributed by atoms with Crippen molar-refractivity contribution in [3.8, 4) is 11.5 Å². The molecule has 0 aliphatic heterocycles. The fourth-order valence-corrected chi connectivity index (χ4v) is 1.33. The molecule has 0 saturated carbocycles. The normalized spacial score (nSPS) is 11.2. The third kappa shape index (κ3) is 3.85. The maximum Gasteiger partial charge on any atom is 0.255 e. The van der Waals surface area contributed by atoms with Crippen LogP contribution in [0.25, 0.3) is 0 Å². The van der Waals surface area contributed by atoms with Gasteiger partial charge in [0.25, 0.3) is 5.91 Å². The molecule has 0 aromatic heterocycles. The number of nitrogens with two attached hydrogens (primary N) is 1. The summed E-state index contributed by atoms with van der Waals surface area (Å²) in [5, 5.41) is 32.2. The van der Waals surface area contributed by atoms with Gasteiger partial charge in [-0.25, -0.2) is 0 Å². The Labute approximate surface area is 104 Å². The number of carbonyl (C=O) groups excluding carboxylic acids is 1. The van der Waals surface area contributed by atoms with Gasteiger partial charge in [0.05, 0.1) is 5.56 Å². The average molecular weight is 253 g/mol. The van der Waals surface area contributed by atoms with E-state index in [0.29, 0.717) is 19.4 Å². The second kappa shape index (κ2) is 6.33. The predicted molar refractivity (Wildman–Crippen MR) is 64.7 cm³/mol. The lowest BCUT2D eigenvalue weighted by Crippen LogP contribution is -2.25. The van der Waals surface area contributed by atoms with Crippen molar-refractivity contribution in [2.45, 2.75) is 12.8 Å². The Hall–Kier alpha value is -2.44. The van der Waals surface area contributed by atoms with Gasteiger partial charge < -0.3 is 26.5 Å². The molecule has 0 atom stereocenters. The Kier molecular flexibility index (Phi) is 4.79. The molecule has 0 aliphatic carbocycles. The van der Waals surface area contributed by atoms with Gasteiger partial charge in [0.1, 0.15) is 17.3 Å². The Morgan fingerprint density at radius 2 is 2.11 bits per heavy atom. The predicted octanol–water partition coefficient (Wildman–Crippen LogP) is 0.354. The van der Waals surface area contributed by atoms with Crippen LogP contribution in [0.2, 0.25) is 0 Å². The molecular formula is C11H15N3O4. The molecule has 98 valence electrons. The average Bonchev–Trinajstić information content (AvgIpc) is 2.34. The maximum atomic E-state index is 11.6.